The van der Waals surface area contributed by atoms with Gasteiger partial charge in [-0.05, 0) is 36.1 Å². The van der Waals surface area contributed by atoms with Gasteiger partial charge in [-0.1, -0.05) is 31.0 Å². The molecule has 0 radical (unpaired) electrons. The van der Waals surface area contributed by atoms with Crippen LogP contribution in [0.2, 0.25) is 0 Å². The monoisotopic (exact) mass is 268 g/mol. The quantitative estimate of drug-likeness (QED) is 0.785. The number of nitrogens with zero attached hydrogens (tertiary/aromatic N) is 4. The lowest BCUT2D eigenvalue weighted by atomic mass is 9.96. The summed E-state index contributed by atoms with van der Waals surface area (Å²) in [7, 11) is 0. The van der Waals surface area contributed by atoms with Crippen LogP contribution in [0.15, 0.2) is 5.16 Å². The van der Waals surface area contributed by atoms with E-state index in [0.29, 0.717) is 12.1 Å². The number of aromatic nitrogens is 4. The molecule has 18 heavy (non-hydrogen) atoms. The van der Waals surface area contributed by atoms with Crippen LogP contribution in [0.25, 0.3) is 0 Å². The van der Waals surface area contributed by atoms with Gasteiger partial charge < -0.3 is 4.74 Å². The molecule has 2 heterocycles. The predicted molar refractivity (Wildman–Crippen MR) is 69.6 cm³/mol. The number of rotatable bonds is 4. The minimum atomic E-state index is 0.395. The minimum absolute atomic E-state index is 0.395. The Morgan fingerprint density at radius 1 is 1.17 bits per heavy atom. The summed E-state index contributed by atoms with van der Waals surface area (Å²) < 4.78 is 7.68. The summed E-state index contributed by atoms with van der Waals surface area (Å²) >= 11 is 1.75. The molecule has 3 rings (SSSR count). The van der Waals surface area contributed by atoms with E-state index in [1.54, 1.807) is 11.8 Å². The first kappa shape index (κ1) is 12.4. The molecule has 1 saturated heterocycles. The fourth-order valence-electron chi connectivity index (χ4n) is 2.78. The summed E-state index contributed by atoms with van der Waals surface area (Å²) in [5.41, 5.74) is 0. The average molecular weight is 268 g/mol. The second kappa shape index (κ2) is 6.02. The van der Waals surface area contributed by atoms with Gasteiger partial charge in [0.05, 0.1) is 12.1 Å². The highest BCUT2D eigenvalue weighted by atomic mass is 32.2. The summed E-state index contributed by atoms with van der Waals surface area (Å²) in [6.07, 6.45) is 9.18. The molecule has 0 bridgehead atoms. The molecule has 1 atom stereocenters. The molecule has 1 saturated carbocycles. The number of tetrazole rings is 1. The zero-order valence-corrected chi connectivity index (χ0v) is 11.4. The zero-order chi connectivity index (χ0) is 12.2. The highest BCUT2D eigenvalue weighted by Crippen LogP contribution is 2.31. The van der Waals surface area contributed by atoms with E-state index in [4.69, 9.17) is 4.74 Å². The second-order valence-corrected chi connectivity index (χ2v) is 6.13. The number of hydrogen-bond donors (Lipinski definition) is 0. The van der Waals surface area contributed by atoms with E-state index in [9.17, 15) is 0 Å². The highest BCUT2D eigenvalue weighted by molar-refractivity contribution is 7.99. The van der Waals surface area contributed by atoms with Crippen LogP contribution < -0.4 is 0 Å². The molecule has 0 amide bonds. The van der Waals surface area contributed by atoms with Crippen LogP contribution in [0.3, 0.4) is 0 Å². The normalized spacial score (nSPS) is 25.7. The van der Waals surface area contributed by atoms with Gasteiger partial charge in [0.1, 0.15) is 0 Å². The molecule has 6 heteroatoms. The lowest BCUT2D eigenvalue weighted by Crippen LogP contribution is -2.16. The maximum atomic E-state index is 5.64. The van der Waals surface area contributed by atoms with E-state index in [-0.39, 0.29) is 0 Å². The maximum Gasteiger partial charge on any atom is 0.209 e. The molecular weight excluding hydrogens is 248 g/mol. The van der Waals surface area contributed by atoms with Crippen molar-refractivity contribution in [3.05, 3.63) is 0 Å². The van der Waals surface area contributed by atoms with E-state index >= 15 is 0 Å². The van der Waals surface area contributed by atoms with E-state index in [1.807, 2.05) is 4.68 Å². The molecule has 1 aliphatic heterocycles. The molecule has 0 spiro atoms. The Labute approximate surface area is 112 Å². The molecule has 2 aliphatic rings. The maximum absolute atomic E-state index is 5.64. The number of thioether (sulfide) groups is 1. The molecule has 1 aromatic heterocycles. The Balaban J connectivity index is 1.59. The van der Waals surface area contributed by atoms with Crippen molar-refractivity contribution in [3.8, 4) is 0 Å². The van der Waals surface area contributed by atoms with Crippen molar-refractivity contribution < 1.29 is 4.74 Å². The topological polar surface area (TPSA) is 52.8 Å². The summed E-state index contributed by atoms with van der Waals surface area (Å²) in [5.74, 6) is 0.979. The van der Waals surface area contributed by atoms with Gasteiger partial charge in [0, 0.05) is 12.4 Å². The van der Waals surface area contributed by atoms with Gasteiger partial charge in [-0.2, -0.15) is 0 Å². The third-order valence-electron chi connectivity index (χ3n) is 3.81. The van der Waals surface area contributed by atoms with Crippen molar-refractivity contribution in [1.82, 2.24) is 20.2 Å². The molecule has 1 unspecified atom stereocenters. The van der Waals surface area contributed by atoms with E-state index in [2.05, 4.69) is 15.5 Å². The molecule has 2 fully saturated rings. The first-order valence-electron chi connectivity index (χ1n) is 6.96. The van der Waals surface area contributed by atoms with Gasteiger partial charge in [0.15, 0.2) is 0 Å². The molecule has 100 valence electrons. The Morgan fingerprint density at radius 3 is 2.83 bits per heavy atom. The van der Waals surface area contributed by atoms with Crippen LogP contribution in [0.1, 0.15) is 51.0 Å². The lowest BCUT2D eigenvalue weighted by Gasteiger charge is -2.22. The summed E-state index contributed by atoms with van der Waals surface area (Å²) in [5, 5.41) is 13.2. The Kier molecular flexibility index (Phi) is 4.15. The van der Waals surface area contributed by atoms with Crippen LogP contribution in [-0.2, 0) is 4.74 Å². The third-order valence-corrected chi connectivity index (χ3v) is 4.87. The van der Waals surface area contributed by atoms with Crippen molar-refractivity contribution in [2.24, 2.45) is 0 Å². The van der Waals surface area contributed by atoms with Crippen LogP contribution >= 0.6 is 11.8 Å². The van der Waals surface area contributed by atoms with Crippen molar-refractivity contribution in [1.29, 1.82) is 0 Å². The van der Waals surface area contributed by atoms with Crippen molar-refractivity contribution in [2.75, 3.05) is 12.4 Å². The third kappa shape index (κ3) is 2.85. The number of ether oxygens (including phenoxy) is 1. The summed E-state index contributed by atoms with van der Waals surface area (Å²) in [6.45, 7) is 0.915. The Bertz CT molecular complexity index is 372. The van der Waals surface area contributed by atoms with Crippen molar-refractivity contribution >= 4 is 11.8 Å². The first-order valence-corrected chi connectivity index (χ1v) is 7.94. The molecular formula is C12H20N4OS. The van der Waals surface area contributed by atoms with Gasteiger partial charge in [-0.15, -0.1) is 5.10 Å². The van der Waals surface area contributed by atoms with Gasteiger partial charge in [-0.25, -0.2) is 4.68 Å². The molecule has 1 aliphatic carbocycles. The van der Waals surface area contributed by atoms with Crippen molar-refractivity contribution in [3.63, 3.8) is 0 Å². The van der Waals surface area contributed by atoms with E-state index in [0.717, 1.165) is 17.5 Å². The van der Waals surface area contributed by atoms with E-state index in [1.165, 1.54) is 44.9 Å². The summed E-state index contributed by atoms with van der Waals surface area (Å²) in [6, 6.07) is 0.515. The highest BCUT2D eigenvalue weighted by Gasteiger charge is 2.22. The largest absolute Gasteiger partial charge is 0.377 e. The second-order valence-electron chi connectivity index (χ2n) is 5.14. The standard InChI is InChI=1S/C12H20N4OS/c1-2-5-10(6-3-1)16-12(13-14-15-16)18-9-11-7-4-8-17-11/h10-11H,1-9H2. The van der Waals surface area contributed by atoms with Crippen LogP contribution in [0.5, 0.6) is 0 Å². The Morgan fingerprint density at radius 2 is 2.06 bits per heavy atom. The lowest BCUT2D eigenvalue weighted by molar-refractivity contribution is 0.128. The predicted octanol–water partition coefficient (Wildman–Crippen LogP) is 2.45. The minimum Gasteiger partial charge on any atom is -0.377 e. The summed E-state index contributed by atoms with van der Waals surface area (Å²) in [4.78, 5) is 0. The molecule has 0 N–H and O–H groups in total. The zero-order valence-electron chi connectivity index (χ0n) is 10.6. The van der Waals surface area contributed by atoms with E-state index < -0.39 is 0 Å². The van der Waals surface area contributed by atoms with Gasteiger partial charge in [0.2, 0.25) is 5.16 Å². The van der Waals surface area contributed by atoms with Gasteiger partial charge >= 0.3 is 0 Å². The van der Waals surface area contributed by atoms with Crippen LogP contribution in [0.4, 0.5) is 0 Å². The number of hydrogen-bond acceptors (Lipinski definition) is 5. The van der Waals surface area contributed by atoms with Gasteiger partial charge in [0.25, 0.3) is 0 Å². The first-order chi connectivity index (χ1) is 8.93. The SMILES string of the molecule is C1CCC(n2nnnc2SCC2CCCO2)CC1. The van der Waals surface area contributed by atoms with Crippen molar-refractivity contribution in [2.45, 2.75) is 62.2 Å². The smallest absolute Gasteiger partial charge is 0.209 e. The molecule has 1 aromatic rings. The fourth-order valence-corrected chi connectivity index (χ4v) is 3.79. The van der Waals surface area contributed by atoms with Gasteiger partial charge in [-0.3, -0.25) is 0 Å². The van der Waals surface area contributed by atoms with Crippen LogP contribution in [-0.4, -0.2) is 38.7 Å². The van der Waals surface area contributed by atoms with Crippen LogP contribution in [0, 0.1) is 0 Å². The Hall–Kier alpha value is -0.620. The molecule has 0 aromatic carbocycles. The average Bonchev–Trinajstić information content (AvgIpc) is 3.09. The molecule has 5 nitrogen and oxygen atoms in total. The fraction of sp³-hybridized carbons (Fsp3) is 0.917.